The van der Waals surface area contributed by atoms with Crippen molar-refractivity contribution in [2.45, 2.75) is 19.9 Å². The van der Waals surface area contributed by atoms with Gasteiger partial charge in [-0.15, -0.1) is 0 Å². The van der Waals surface area contributed by atoms with Crippen LogP contribution in [0.3, 0.4) is 0 Å². The van der Waals surface area contributed by atoms with Crippen LogP contribution in [0, 0.1) is 0 Å². The molecule has 0 bridgehead atoms. The van der Waals surface area contributed by atoms with Crippen molar-refractivity contribution in [3.05, 3.63) is 0 Å². The van der Waals surface area contributed by atoms with Gasteiger partial charge in [0, 0.05) is 7.05 Å². The van der Waals surface area contributed by atoms with Gasteiger partial charge >= 0.3 is 6.09 Å². The standard InChI is InChI=1S/C6H11NO3/c1-4(5(2)8)7(3)6(9)10/h4H,1-3H3,(H,9,10). The molecule has 0 spiro atoms. The van der Waals surface area contributed by atoms with Crippen LogP contribution in [0.15, 0.2) is 0 Å². The summed E-state index contributed by atoms with van der Waals surface area (Å²) in [6, 6.07) is -0.544. The molecule has 1 atom stereocenters. The highest BCUT2D eigenvalue weighted by Crippen LogP contribution is 1.95. The minimum Gasteiger partial charge on any atom is -0.465 e. The number of carboxylic acid groups (broad SMARTS) is 1. The van der Waals surface area contributed by atoms with Gasteiger partial charge in [0.15, 0.2) is 5.78 Å². The van der Waals surface area contributed by atoms with Crippen LogP contribution in [-0.2, 0) is 4.79 Å². The Kier molecular flexibility index (Phi) is 2.86. The molecule has 4 nitrogen and oxygen atoms in total. The lowest BCUT2D eigenvalue weighted by molar-refractivity contribution is -0.120. The zero-order chi connectivity index (χ0) is 8.31. The minimum absolute atomic E-state index is 0.148. The number of amides is 1. The maximum absolute atomic E-state index is 10.6. The number of carbonyl (C=O) groups is 2. The highest BCUT2D eigenvalue weighted by atomic mass is 16.4. The van der Waals surface area contributed by atoms with E-state index in [-0.39, 0.29) is 5.78 Å². The van der Waals surface area contributed by atoms with Crippen molar-refractivity contribution in [2.75, 3.05) is 7.05 Å². The van der Waals surface area contributed by atoms with E-state index in [2.05, 4.69) is 0 Å². The molecule has 0 aromatic carbocycles. The summed E-state index contributed by atoms with van der Waals surface area (Å²) in [5, 5.41) is 8.38. The van der Waals surface area contributed by atoms with E-state index in [4.69, 9.17) is 5.11 Å². The molecule has 0 saturated heterocycles. The average molecular weight is 145 g/mol. The number of hydrogen-bond acceptors (Lipinski definition) is 2. The highest BCUT2D eigenvalue weighted by molar-refractivity contribution is 5.84. The normalized spacial score (nSPS) is 12.3. The Morgan fingerprint density at radius 1 is 1.50 bits per heavy atom. The number of Topliss-reactive ketones (excluding diaryl/α,β-unsaturated/α-hetero) is 1. The number of likely N-dealkylation sites (N-methyl/N-ethyl adjacent to an activating group) is 1. The van der Waals surface area contributed by atoms with E-state index in [0.29, 0.717) is 0 Å². The number of nitrogens with zero attached hydrogens (tertiary/aromatic N) is 1. The Balaban J connectivity index is 4.07. The van der Waals surface area contributed by atoms with Gasteiger partial charge in [0.05, 0.1) is 6.04 Å². The van der Waals surface area contributed by atoms with Crippen LogP contribution >= 0.6 is 0 Å². The number of rotatable bonds is 2. The van der Waals surface area contributed by atoms with Crippen LogP contribution in [0.2, 0.25) is 0 Å². The topological polar surface area (TPSA) is 57.6 Å². The monoisotopic (exact) mass is 145 g/mol. The summed E-state index contributed by atoms with van der Waals surface area (Å²) >= 11 is 0. The molecule has 0 radical (unpaired) electrons. The molecule has 0 saturated carbocycles. The van der Waals surface area contributed by atoms with E-state index in [1.165, 1.54) is 14.0 Å². The van der Waals surface area contributed by atoms with Gasteiger partial charge < -0.3 is 10.0 Å². The smallest absolute Gasteiger partial charge is 0.407 e. The van der Waals surface area contributed by atoms with Crippen LogP contribution in [0.1, 0.15) is 13.8 Å². The fourth-order valence-electron chi connectivity index (χ4n) is 0.438. The maximum Gasteiger partial charge on any atom is 0.407 e. The summed E-state index contributed by atoms with van der Waals surface area (Å²) in [6.45, 7) is 2.92. The zero-order valence-corrected chi connectivity index (χ0v) is 6.29. The first-order valence-corrected chi connectivity index (χ1v) is 2.93. The van der Waals surface area contributed by atoms with Crippen molar-refractivity contribution in [1.82, 2.24) is 4.90 Å². The van der Waals surface area contributed by atoms with Gasteiger partial charge in [-0.3, -0.25) is 4.79 Å². The van der Waals surface area contributed by atoms with Gasteiger partial charge in [0.1, 0.15) is 0 Å². The summed E-state index contributed by atoms with van der Waals surface area (Å²) in [5.41, 5.74) is 0. The summed E-state index contributed by atoms with van der Waals surface area (Å²) in [7, 11) is 1.37. The molecule has 0 aliphatic carbocycles. The molecule has 4 heteroatoms. The second-order valence-corrected chi connectivity index (χ2v) is 2.18. The Bertz CT molecular complexity index is 137. The molecule has 0 aromatic heterocycles. The third-order valence-corrected chi connectivity index (χ3v) is 1.47. The third kappa shape index (κ3) is 2.05. The molecule has 0 aliphatic rings. The van der Waals surface area contributed by atoms with Gasteiger partial charge in [0.2, 0.25) is 0 Å². The lowest BCUT2D eigenvalue weighted by Crippen LogP contribution is -2.38. The number of ketones is 1. The molecule has 0 aromatic rings. The second-order valence-electron chi connectivity index (χ2n) is 2.18. The van der Waals surface area contributed by atoms with E-state index in [9.17, 15) is 9.59 Å². The Hall–Kier alpha value is -1.06. The van der Waals surface area contributed by atoms with Crippen molar-refractivity contribution >= 4 is 11.9 Å². The van der Waals surface area contributed by atoms with Crippen LogP contribution < -0.4 is 0 Å². The molecule has 1 amide bonds. The second kappa shape index (κ2) is 3.20. The van der Waals surface area contributed by atoms with E-state index in [1.54, 1.807) is 6.92 Å². The molecule has 1 N–H and O–H groups in total. The van der Waals surface area contributed by atoms with E-state index >= 15 is 0 Å². The van der Waals surface area contributed by atoms with Crippen molar-refractivity contribution < 1.29 is 14.7 Å². The van der Waals surface area contributed by atoms with Crippen molar-refractivity contribution in [3.63, 3.8) is 0 Å². The largest absolute Gasteiger partial charge is 0.465 e. The van der Waals surface area contributed by atoms with Gasteiger partial charge in [0.25, 0.3) is 0 Å². The highest BCUT2D eigenvalue weighted by Gasteiger charge is 2.17. The van der Waals surface area contributed by atoms with Crippen molar-refractivity contribution in [1.29, 1.82) is 0 Å². The lowest BCUT2D eigenvalue weighted by atomic mass is 10.2. The Morgan fingerprint density at radius 3 is 2.00 bits per heavy atom. The van der Waals surface area contributed by atoms with Crippen molar-refractivity contribution in [2.24, 2.45) is 0 Å². The molecule has 58 valence electrons. The summed E-state index contributed by atoms with van der Waals surface area (Å²) in [4.78, 5) is 21.8. The first kappa shape index (κ1) is 8.94. The maximum atomic E-state index is 10.6. The van der Waals surface area contributed by atoms with Gasteiger partial charge in [-0.1, -0.05) is 0 Å². The van der Waals surface area contributed by atoms with E-state index in [1.807, 2.05) is 0 Å². The van der Waals surface area contributed by atoms with Gasteiger partial charge in [-0.2, -0.15) is 0 Å². The summed E-state index contributed by atoms with van der Waals surface area (Å²) in [6.07, 6.45) is -1.08. The molecular formula is C6H11NO3. The fraction of sp³-hybridized carbons (Fsp3) is 0.667. The van der Waals surface area contributed by atoms with E-state index in [0.717, 1.165) is 4.90 Å². The predicted molar refractivity (Wildman–Crippen MR) is 35.9 cm³/mol. The number of hydrogen-bond donors (Lipinski definition) is 1. The third-order valence-electron chi connectivity index (χ3n) is 1.47. The minimum atomic E-state index is -1.08. The molecule has 0 aliphatic heterocycles. The first-order valence-electron chi connectivity index (χ1n) is 2.93. The molecule has 0 rings (SSSR count). The Labute approximate surface area is 59.4 Å². The molecular weight excluding hydrogens is 134 g/mol. The quantitative estimate of drug-likeness (QED) is 0.618. The van der Waals surface area contributed by atoms with Crippen LogP contribution in [-0.4, -0.2) is 35.0 Å². The summed E-state index contributed by atoms with van der Waals surface area (Å²) in [5.74, 6) is -0.148. The molecule has 0 heterocycles. The van der Waals surface area contributed by atoms with Crippen LogP contribution in [0.4, 0.5) is 4.79 Å². The first-order chi connectivity index (χ1) is 4.46. The van der Waals surface area contributed by atoms with Gasteiger partial charge in [-0.05, 0) is 13.8 Å². The van der Waals surface area contributed by atoms with Crippen molar-refractivity contribution in [3.8, 4) is 0 Å². The molecule has 1 unspecified atom stereocenters. The predicted octanol–water partition coefficient (Wildman–Crippen LogP) is 0.574. The van der Waals surface area contributed by atoms with Crippen LogP contribution in [0.5, 0.6) is 0 Å². The SMILES string of the molecule is CC(=O)C(C)N(C)C(=O)O. The molecule has 0 fully saturated rings. The number of carbonyl (C=O) groups excluding carboxylic acids is 1. The Morgan fingerprint density at radius 2 is 1.90 bits per heavy atom. The average Bonchev–Trinajstić information content (AvgIpc) is 1.84. The van der Waals surface area contributed by atoms with Crippen LogP contribution in [0.25, 0.3) is 0 Å². The molecule has 10 heavy (non-hydrogen) atoms. The summed E-state index contributed by atoms with van der Waals surface area (Å²) < 4.78 is 0. The van der Waals surface area contributed by atoms with E-state index < -0.39 is 12.1 Å². The fourth-order valence-corrected chi connectivity index (χ4v) is 0.438. The lowest BCUT2D eigenvalue weighted by Gasteiger charge is -2.18. The van der Waals surface area contributed by atoms with Gasteiger partial charge in [-0.25, -0.2) is 4.79 Å². The zero-order valence-electron chi connectivity index (χ0n) is 6.29.